The second-order valence-electron chi connectivity index (χ2n) is 8.77. The summed E-state index contributed by atoms with van der Waals surface area (Å²) < 4.78 is 51.2. The standard InChI is InChI=1S/C22H27N3O3S.2H3O4P/c1-16-4-7-20(15-21(16)23-18-9-11-24(2)12-10-18)29(26,27)25-13-8-17-5-6-19(28-3)14-22(17)25;2*1-5(2,3)4/h4-8,13-15,18,23H,9-12H2,1-3H3;2*(H3,1,2,3,4). The molecule has 3 aromatic rings. The number of anilines is 1. The van der Waals surface area contributed by atoms with Crippen LogP contribution < -0.4 is 10.1 Å². The number of likely N-dealkylation sites (tertiary alicyclic amines) is 1. The summed E-state index contributed by atoms with van der Waals surface area (Å²) in [5, 5.41) is 4.42. The molecule has 1 saturated heterocycles. The van der Waals surface area contributed by atoms with Crippen LogP contribution in [0.2, 0.25) is 0 Å². The summed E-state index contributed by atoms with van der Waals surface area (Å²) in [5.41, 5.74) is 2.53. The number of hydrogen-bond donors (Lipinski definition) is 7. The van der Waals surface area contributed by atoms with E-state index in [9.17, 15) is 8.42 Å². The second-order valence-corrected chi connectivity index (χ2v) is 12.6. The van der Waals surface area contributed by atoms with Crippen molar-refractivity contribution in [2.24, 2.45) is 0 Å². The number of phosphoric acid groups is 2. The first-order valence-corrected chi connectivity index (χ1v) is 16.0. The molecule has 1 aliphatic rings. The largest absolute Gasteiger partial charge is 0.497 e. The van der Waals surface area contributed by atoms with Crippen molar-refractivity contribution in [3.8, 4) is 5.75 Å². The molecule has 7 N–H and O–H groups in total. The maximum Gasteiger partial charge on any atom is 0.466 e. The zero-order chi connectivity index (χ0) is 29.6. The van der Waals surface area contributed by atoms with Gasteiger partial charge in [-0.2, -0.15) is 0 Å². The van der Waals surface area contributed by atoms with E-state index in [-0.39, 0.29) is 4.90 Å². The summed E-state index contributed by atoms with van der Waals surface area (Å²) in [4.78, 5) is 45.7. The molecular formula is C22H33N3O11P2S. The van der Waals surface area contributed by atoms with Crippen molar-refractivity contribution in [1.29, 1.82) is 0 Å². The topological polar surface area (TPSA) is 219 Å². The van der Waals surface area contributed by atoms with Gasteiger partial charge < -0.3 is 44.3 Å². The Balaban J connectivity index is 0.000000458. The smallest absolute Gasteiger partial charge is 0.466 e. The molecular weight excluding hydrogens is 576 g/mol. The van der Waals surface area contributed by atoms with Crippen LogP contribution in [0.5, 0.6) is 5.75 Å². The lowest BCUT2D eigenvalue weighted by Crippen LogP contribution is -2.36. The van der Waals surface area contributed by atoms with Crippen LogP contribution in [0.15, 0.2) is 53.6 Å². The fourth-order valence-electron chi connectivity index (χ4n) is 3.82. The van der Waals surface area contributed by atoms with Crippen molar-refractivity contribution in [2.75, 3.05) is 32.6 Å². The predicted molar refractivity (Wildman–Crippen MR) is 145 cm³/mol. The van der Waals surface area contributed by atoms with Crippen molar-refractivity contribution < 1.29 is 51.6 Å². The number of methoxy groups -OCH3 is 1. The van der Waals surface area contributed by atoms with Crippen LogP contribution in [-0.4, -0.2) is 79.9 Å². The van der Waals surface area contributed by atoms with Crippen LogP contribution in [0.3, 0.4) is 0 Å². The fourth-order valence-corrected chi connectivity index (χ4v) is 5.20. The lowest BCUT2D eigenvalue weighted by atomic mass is 10.0. The molecule has 1 aliphatic heterocycles. The number of rotatable bonds is 5. The quantitative estimate of drug-likeness (QED) is 0.206. The zero-order valence-corrected chi connectivity index (χ0v) is 24.1. The van der Waals surface area contributed by atoms with Crippen molar-refractivity contribution in [1.82, 2.24) is 8.87 Å². The first kappa shape index (κ1) is 32.9. The van der Waals surface area contributed by atoms with Gasteiger partial charge in [-0.05, 0) is 75.8 Å². The van der Waals surface area contributed by atoms with E-state index in [0.29, 0.717) is 17.3 Å². The normalized spacial score (nSPS) is 15.1. The molecule has 0 atom stereocenters. The lowest BCUT2D eigenvalue weighted by Gasteiger charge is -2.30. The van der Waals surface area contributed by atoms with Crippen molar-refractivity contribution in [3.05, 3.63) is 54.2 Å². The van der Waals surface area contributed by atoms with Crippen LogP contribution >= 0.6 is 15.6 Å². The third-order valence-electron chi connectivity index (χ3n) is 5.71. The summed E-state index contributed by atoms with van der Waals surface area (Å²) in [5.74, 6) is 0.626. The van der Waals surface area contributed by atoms with Gasteiger partial charge >= 0.3 is 15.6 Å². The van der Waals surface area contributed by atoms with Gasteiger partial charge in [0.25, 0.3) is 10.0 Å². The van der Waals surface area contributed by atoms with Gasteiger partial charge in [0.05, 0.1) is 17.5 Å². The number of nitrogens with one attached hydrogen (secondary N) is 1. The first-order valence-electron chi connectivity index (χ1n) is 11.4. The van der Waals surface area contributed by atoms with Crippen LogP contribution in [0.4, 0.5) is 5.69 Å². The van der Waals surface area contributed by atoms with Gasteiger partial charge in [0.1, 0.15) is 5.75 Å². The minimum atomic E-state index is -4.64. The zero-order valence-electron chi connectivity index (χ0n) is 21.4. The third-order valence-corrected chi connectivity index (χ3v) is 7.39. The van der Waals surface area contributed by atoms with Crippen molar-refractivity contribution in [3.63, 3.8) is 0 Å². The van der Waals surface area contributed by atoms with E-state index in [1.165, 1.54) is 3.97 Å². The molecule has 0 amide bonds. The Bertz CT molecular complexity index is 1420. The van der Waals surface area contributed by atoms with E-state index in [2.05, 4.69) is 17.3 Å². The Kier molecular flexibility index (Phi) is 11.3. The highest BCUT2D eigenvalue weighted by molar-refractivity contribution is 7.90. The average Bonchev–Trinajstić information content (AvgIpc) is 3.23. The molecule has 0 saturated carbocycles. The number of benzene rings is 2. The molecule has 0 bridgehead atoms. The molecule has 0 spiro atoms. The fraction of sp³-hybridized carbons (Fsp3) is 0.364. The van der Waals surface area contributed by atoms with Gasteiger partial charge in [-0.25, -0.2) is 21.5 Å². The molecule has 1 aromatic heterocycles. The van der Waals surface area contributed by atoms with Gasteiger partial charge in [0.15, 0.2) is 0 Å². The van der Waals surface area contributed by atoms with E-state index < -0.39 is 25.7 Å². The maximum atomic E-state index is 13.4. The Morgan fingerprint density at radius 3 is 2.03 bits per heavy atom. The highest BCUT2D eigenvalue weighted by Crippen LogP contribution is 2.29. The molecule has 2 heterocycles. The van der Waals surface area contributed by atoms with E-state index in [1.54, 1.807) is 37.6 Å². The van der Waals surface area contributed by atoms with E-state index >= 15 is 0 Å². The number of aryl methyl sites for hydroxylation is 1. The number of aromatic nitrogens is 1. The molecule has 0 aliphatic carbocycles. The highest BCUT2D eigenvalue weighted by atomic mass is 32.2. The maximum absolute atomic E-state index is 13.4. The third kappa shape index (κ3) is 11.0. The van der Waals surface area contributed by atoms with Gasteiger partial charge in [0, 0.05) is 29.4 Å². The van der Waals surface area contributed by atoms with Gasteiger partial charge in [-0.15, -0.1) is 0 Å². The Hall–Kier alpha value is -2.29. The van der Waals surface area contributed by atoms with Crippen LogP contribution in [0.1, 0.15) is 18.4 Å². The molecule has 0 radical (unpaired) electrons. The highest BCUT2D eigenvalue weighted by Gasteiger charge is 2.22. The minimum absolute atomic E-state index is 0.277. The molecule has 0 unspecified atom stereocenters. The molecule has 39 heavy (non-hydrogen) atoms. The number of nitrogens with zero attached hydrogens (tertiary/aromatic N) is 2. The average molecular weight is 610 g/mol. The van der Waals surface area contributed by atoms with Crippen LogP contribution in [0, 0.1) is 6.92 Å². The van der Waals surface area contributed by atoms with Crippen LogP contribution in [0.25, 0.3) is 10.9 Å². The molecule has 17 heteroatoms. The van der Waals surface area contributed by atoms with Crippen molar-refractivity contribution >= 4 is 42.3 Å². The molecule has 1 fully saturated rings. The number of piperidine rings is 1. The number of fused-ring (bicyclic) bond motifs is 1. The summed E-state index contributed by atoms with van der Waals surface area (Å²) >= 11 is 0. The van der Waals surface area contributed by atoms with Gasteiger partial charge in [-0.1, -0.05) is 6.07 Å². The molecule has 14 nitrogen and oxygen atoms in total. The summed E-state index contributed by atoms with van der Waals surface area (Å²) in [6.07, 6.45) is 3.70. The Morgan fingerprint density at radius 2 is 1.49 bits per heavy atom. The first-order chi connectivity index (χ1) is 17.9. The summed E-state index contributed by atoms with van der Waals surface area (Å²) in [6.45, 7) is 4.10. The summed E-state index contributed by atoms with van der Waals surface area (Å²) in [6, 6.07) is 12.9. The van der Waals surface area contributed by atoms with Crippen LogP contribution in [-0.2, 0) is 19.2 Å². The Morgan fingerprint density at radius 1 is 0.923 bits per heavy atom. The number of hydrogen-bond acceptors (Lipinski definition) is 7. The monoisotopic (exact) mass is 609 g/mol. The Labute approximate surface area is 226 Å². The van der Waals surface area contributed by atoms with E-state index in [0.717, 1.165) is 42.6 Å². The molecule has 2 aromatic carbocycles. The van der Waals surface area contributed by atoms with E-state index in [4.69, 9.17) is 43.2 Å². The lowest BCUT2D eigenvalue weighted by molar-refractivity contribution is 0.264. The number of ether oxygens (including phenoxy) is 1. The van der Waals surface area contributed by atoms with E-state index in [1.807, 2.05) is 25.1 Å². The molecule has 218 valence electrons. The molecule has 4 rings (SSSR count). The predicted octanol–water partition coefficient (Wildman–Crippen LogP) is 1.84. The minimum Gasteiger partial charge on any atom is -0.497 e. The SMILES string of the molecule is COc1ccc2ccn(S(=O)(=O)c3ccc(C)c(NC4CCN(C)CC4)c3)c2c1.O=P(O)(O)O.O=P(O)(O)O. The second kappa shape index (κ2) is 13.4. The van der Waals surface area contributed by atoms with Gasteiger partial charge in [0.2, 0.25) is 0 Å². The van der Waals surface area contributed by atoms with Crippen molar-refractivity contribution in [2.45, 2.75) is 30.7 Å². The van der Waals surface area contributed by atoms with Gasteiger partial charge in [-0.3, -0.25) is 0 Å². The summed E-state index contributed by atoms with van der Waals surface area (Å²) in [7, 11) is -9.30.